The second-order valence-corrected chi connectivity index (χ2v) is 6.92. The number of nitrogen functional groups attached to an aromatic ring is 1. The van der Waals surface area contributed by atoms with E-state index >= 15 is 0 Å². The van der Waals surface area contributed by atoms with Gasteiger partial charge in [-0.05, 0) is 40.9 Å². The highest BCUT2D eigenvalue weighted by molar-refractivity contribution is 9.11. The Hall–Kier alpha value is -1.14. The van der Waals surface area contributed by atoms with E-state index in [0.717, 1.165) is 22.0 Å². The van der Waals surface area contributed by atoms with Crippen molar-refractivity contribution in [3.05, 3.63) is 32.7 Å². The standard InChI is InChI=1S/C12H13BrN4S/c13-9-4-3-8(18-9)6-15-11-5-10(14)16-12(17-11)7-1-2-7/h3-5,7H,1-2,6H2,(H3,14,15,16,17). The van der Waals surface area contributed by atoms with Gasteiger partial charge in [-0.1, -0.05) is 0 Å². The van der Waals surface area contributed by atoms with Crippen LogP contribution in [0.15, 0.2) is 22.0 Å². The summed E-state index contributed by atoms with van der Waals surface area (Å²) in [6.07, 6.45) is 2.36. The third-order valence-corrected chi connectivity index (χ3v) is 4.40. The summed E-state index contributed by atoms with van der Waals surface area (Å²) in [6.45, 7) is 0.761. The SMILES string of the molecule is Nc1cc(NCc2ccc(Br)s2)nc(C2CC2)n1. The molecule has 0 spiro atoms. The van der Waals surface area contributed by atoms with Gasteiger partial charge in [0.05, 0.1) is 10.3 Å². The summed E-state index contributed by atoms with van der Waals surface area (Å²) in [7, 11) is 0. The lowest BCUT2D eigenvalue weighted by Crippen LogP contribution is -2.05. The first kappa shape index (κ1) is 11.9. The zero-order chi connectivity index (χ0) is 12.5. The Bertz CT molecular complexity index is 565. The first-order chi connectivity index (χ1) is 8.70. The Labute approximate surface area is 118 Å². The minimum Gasteiger partial charge on any atom is -0.384 e. The molecule has 2 aromatic rings. The summed E-state index contributed by atoms with van der Waals surface area (Å²) in [5.74, 6) is 2.76. The highest BCUT2D eigenvalue weighted by atomic mass is 79.9. The molecule has 2 aromatic heterocycles. The van der Waals surface area contributed by atoms with E-state index in [1.54, 1.807) is 17.4 Å². The Kier molecular flexibility index (Phi) is 3.22. The quantitative estimate of drug-likeness (QED) is 0.905. The lowest BCUT2D eigenvalue weighted by molar-refractivity contribution is 0.927. The van der Waals surface area contributed by atoms with Crippen molar-refractivity contribution in [1.29, 1.82) is 0 Å². The lowest BCUT2D eigenvalue weighted by Gasteiger charge is -2.06. The van der Waals surface area contributed by atoms with Gasteiger partial charge in [-0.25, -0.2) is 9.97 Å². The van der Waals surface area contributed by atoms with E-state index in [1.165, 1.54) is 17.7 Å². The fourth-order valence-corrected chi connectivity index (χ4v) is 3.15. The van der Waals surface area contributed by atoms with E-state index in [1.807, 2.05) is 6.07 Å². The van der Waals surface area contributed by atoms with Crippen LogP contribution in [-0.4, -0.2) is 9.97 Å². The van der Waals surface area contributed by atoms with Crippen LogP contribution in [0.5, 0.6) is 0 Å². The summed E-state index contributed by atoms with van der Waals surface area (Å²) in [6, 6.07) is 5.92. The van der Waals surface area contributed by atoms with Crippen molar-refractivity contribution in [3.8, 4) is 0 Å². The molecule has 1 saturated carbocycles. The van der Waals surface area contributed by atoms with Crippen molar-refractivity contribution in [2.45, 2.75) is 25.3 Å². The van der Waals surface area contributed by atoms with E-state index in [2.05, 4.69) is 37.3 Å². The number of nitrogens with zero attached hydrogens (tertiary/aromatic N) is 2. The Balaban J connectivity index is 1.71. The summed E-state index contributed by atoms with van der Waals surface area (Å²) in [5, 5.41) is 3.30. The molecule has 0 amide bonds. The minimum atomic E-state index is 0.518. The molecule has 0 aromatic carbocycles. The second-order valence-electron chi connectivity index (χ2n) is 4.37. The number of hydrogen-bond acceptors (Lipinski definition) is 5. The van der Waals surface area contributed by atoms with Gasteiger partial charge < -0.3 is 11.1 Å². The Morgan fingerprint density at radius 3 is 2.89 bits per heavy atom. The van der Waals surface area contributed by atoms with Gasteiger partial charge in [0, 0.05) is 16.9 Å². The summed E-state index contributed by atoms with van der Waals surface area (Å²) >= 11 is 5.17. The molecule has 0 bridgehead atoms. The van der Waals surface area contributed by atoms with Gasteiger partial charge in [-0.3, -0.25) is 0 Å². The molecule has 0 aliphatic heterocycles. The van der Waals surface area contributed by atoms with Crippen molar-refractivity contribution >= 4 is 38.9 Å². The van der Waals surface area contributed by atoms with E-state index in [9.17, 15) is 0 Å². The van der Waals surface area contributed by atoms with Crippen molar-refractivity contribution in [3.63, 3.8) is 0 Å². The zero-order valence-electron chi connectivity index (χ0n) is 9.69. The van der Waals surface area contributed by atoms with Crippen LogP contribution in [0.4, 0.5) is 11.6 Å². The molecule has 3 N–H and O–H groups in total. The predicted molar refractivity (Wildman–Crippen MR) is 77.8 cm³/mol. The highest BCUT2D eigenvalue weighted by Crippen LogP contribution is 2.38. The number of hydrogen-bond donors (Lipinski definition) is 2. The van der Waals surface area contributed by atoms with Gasteiger partial charge in [-0.2, -0.15) is 0 Å². The number of nitrogens with one attached hydrogen (secondary N) is 1. The van der Waals surface area contributed by atoms with Crippen LogP contribution in [0.2, 0.25) is 0 Å². The van der Waals surface area contributed by atoms with E-state index in [4.69, 9.17) is 5.73 Å². The molecule has 0 saturated heterocycles. The summed E-state index contributed by atoms with van der Waals surface area (Å²) in [4.78, 5) is 10.0. The van der Waals surface area contributed by atoms with Crippen molar-refractivity contribution in [2.75, 3.05) is 11.1 Å². The van der Waals surface area contributed by atoms with Gasteiger partial charge in [0.15, 0.2) is 0 Å². The van der Waals surface area contributed by atoms with Gasteiger partial charge >= 0.3 is 0 Å². The number of nitrogens with two attached hydrogens (primary N) is 1. The van der Waals surface area contributed by atoms with Crippen molar-refractivity contribution < 1.29 is 0 Å². The molecule has 4 nitrogen and oxygen atoms in total. The molecular formula is C12H13BrN4S. The molecule has 1 aliphatic rings. The number of aromatic nitrogens is 2. The molecule has 1 fully saturated rings. The fraction of sp³-hybridized carbons (Fsp3) is 0.333. The van der Waals surface area contributed by atoms with Crippen LogP contribution in [0.3, 0.4) is 0 Å². The molecular weight excluding hydrogens is 312 g/mol. The maximum Gasteiger partial charge on any atom is 0.136 e. The molecule has 3 rings (SSSR count). The van der Waals surface area contributed by atoms with Gasteiger partial charge in [-0.15, -0.1) is 11.3 Å². The average Bonchev–Trinajstić information content (AvgIpc) is 3.10. The lowest BCUT2D eigenvalue weighted by atomic mass is 10.3. The van der Waals surface area contributed by atoms with Crippen molar-refractivity contribution in [2.24, 2.45) is 0 Å². The maximum absolute atomic E-state index is 5.80. The monoisotopic (exact) mass is 324 g/mol. The fourth-order valence-electron chi connectivity index (χ4n) is 1.72. The second kappa shape index (κ2) is 4.85. The van der Waals surface area contributed by atoms with Crippen LogP contribution in [0.25, 0.3) is 0 Å². The van der Waals surface area contributed by atoms with Gasteiger partial charge in [0.2, 0.25) is 0 Å². The number of anilines is 2. The Morgan fingerprint density at radius 2 is 2.22 bits per heavy atom. The first-order valence-corrected chi connectivity index (χ1v) is 7.44. The predicted octanol–water partition coefficient (Wildman–Crippen LogP) is 3.37. The van der Waals surface area contributed by atoms with E-state index in [0.29, 0.717) is 11.7 Å². The van der Waals surface area contributed by atoms with Crippen LogP contribution in [0.1, 0.15) is 29.5 Å². The molecule has 94 valence electrons. The molecule has 0 unspecified atom stereocenters. The zero-order valence-corrected chi connectivity index (χ0v) is 12.1. The average molecular weight is 325 g/mol. The Morgan fingerprint density at radius 1 is 1.39 bits per heavy atom. The third-order valence-electron chi connectivity index (χ3n) is 2.78. The highest BCUT2D eigenvalue weighted by Gasteiger charge is 2.27. The first-order valence-electron chi connectivity index (χ1n) is 5.83. The van der Waals surface area contributed by atoms with Crippen LogP contribution < -0.4 is 11.1 Å². The maximum atomic E-state index is 5.80. The van der Waals surface area contributed by atoms with Crippen molar-refractivity contribution in [1.82, 2.24) is 9.97 Å². The number of rotatable bonds is 4. The van der Waals surface area contributed by atoms with Crippen LogP contribution >= 0.6 is 27.3 Å². The molecule has 18 heavy (non-hydrogen) atoms. The van der Waals surface area contributed by atoms with Crippen LogP contribution in [0, 0.1) is 0 Å². The minimum absolute atomic E-state index is 0.518. The topological polar surface area (TPSA) is 63.8 Å². The molecule has 6 heteroatoms. The number of halogens is 1. The molecule has 1 aliphatic carbocycles. The third kappa shape index (κ3) is 2.81. The van der Waals surface area contributed by atoms with Gasteiger partial charge in [0.25, 0.3) is 0 Å². The normalized spacial score (nSPS) is 14.7. The summed E-state index contributed by atoms with van der Waals surface area (Å²) in [5.41, 5.74) is 5.80. The number of thiophene rings is 1. The molecule has 0 atom stereocenters. The molecule has 0 radical (unpaired) electrons. The largest absolute Gasteiger partial charge is 0.384 e. The van der Waals surface area contributed by atoms with Gasteiger partial charge in [0.1, 0.15) is 17.5 Å². The van der Waals surface area contributed by atoms with E-state index < -0.39 is 0 Å². The van der Waals surface area contributed by atoms with Crippen LogP contribution in [-0.2, 0) is 6.54 Å². The smallest absolute Gasteiger partial charge is 0.136 e. The molecule has 2 heterocycles. The van der Waals surface area contributed by atoms with E-state index in [-0.39, 0.29) is 0 Å². The summed E-state index contributed by atoms with van der Waals surface area (Å²) < 4.78 is 1.14.